The number of anilines is 1. The Labute approximate surface area is 156 Å². The summed E-state index contributed by atoms with van der Waals surface area (Å²) in [6.07, 6.45) is 7.58. The number of piperazine rings is 1. The van der Waals surface area contributed by atoms with Gasteiger partial charge in [0.1, 0.15) is 5.75 Å². The van der Waals surface area contributed by atoms with Gasteiger partial charge in [-0.1, -0.05) is 18.0 Å². The van der Waals surface area contributed by atoms with Crippen LogP contribution in [0.1, 0.15) is 32.1 Å². The van der Waals surface area contributed by atoms with Crippen LogP contribution in [0.3, 0.4) is 0 Å². The lowest BCUT2D eigenvalue weighted by atomic mass is 9.72. The first-order valence-electron chi connectivity index (χ1n) is 10.1. The quantitative estimate of drug-likeness (QED) is 0.799. The van der Waals surface area contributed by atoms with Crippen LogP contribution in [0, 0.1) is 23.7 Å². The molecule has 1 saturated heterocycles. The van der Waals surface area contributed by atoms with Gasteiger partial charge in [-0.2, -0.15) is 0 Å². The van der Waals surface area contributed by atoms with E-state index in [0.717, 1.165) is 59.3 Å². The molecule has 3 saturated carbocycles. The third-order valence-electron chi connectivity index (χ3n) is 7.53. The number of rotatable bonds is 3. The molecule has 4 fully saturated rings. The summed E-state index contributed by atoms with van der Waals surface area (Å²) in [5.74, 6) is 5.03. The van der Waals surface area contributed by atoms with E-state index in [1.54, 1.807) is 7.11 Å². The van der Waals surface area contributed by atoms with Gasteiger partial charge >= 0.3 is 0 Å². The molecule has 3 bridgehead atoms. The molecule has 4 aliphatic rings. The van der Waals surface area contributed by atoms with Crippen LogP contribution in [0.15, 0.2) is 18.2 Å². The highest BCUT2D eigenvalue weighted by atomic mass is 35.5. The summed E-state index contributed by atoms with van der Waals surface area (Å²) in [6, 6.07) is 6.83. The Morgan fingerprint density at radius 1 is 1.00 bits per heavy atom. The first-order valence-corrected chi connectivity index (χ1v) is 10.4. The Balaban J connectivity index is 1.30. The molecule has 0 spiro atoms. The summed E-state index contributed by atoms with van der Waals surface area (Å²) in [6.45, 7) is 4.54. The van der Waals surface area contributed by atoms with Gasteiger partial charge in [0.2, 0.25) is 0 Å². The predicted molar refractivity (Wildman–Crippen MR) is 103 cm³/mol. The Morgan fingerprint density at radius 2 is 1.80 bits per heavy atom. The van der Waals surface area contributed by atoms with Crippen molar-refractivity contribution in [1.29, 1.82) is 0 Å². The molecule has 4 heteroatoms. The second-order valence-electron chi connectivity index (χ2n) is 8.66. The molecular formula is C21H29ClN2O. The molecule has 1 heterocycles. The van der Waals surface area contributed by atoms with Crippen LogP contribution in [-0.2, 0) is 0 Å². The van der Waals surface area contributed by atoms with Crippen LogP contribution >= 0.6 is 11.6 Å². The molecule has 3 nitrogen and oxygen atoms in total. The summed E-state index contributed by atoms with van der Waals surface area (Å²) in [4.78, 5) is 5.30. The third-order valence-corrected chi connectivity index (χ3v) is 7.77. The van der Waals surface area contributed by atoms with E-state index < -0.39 is 0 Å². The van der Waals surface area contributed by atoms with Crippen molar-refractivity contribution >= 4 is 17.3 Å². The fourth-order valence-electron chi connectivity index (χ4n) is 6.60. The van der Waals surface area contributed by atoms with Crippen LogP contribution in [0.2, 0.25) is 5.02 Å². The van der Waals surface area contributed by atoms with Crippen molar-refractivity contribution in [2.75, 3.05) is 38.2 Å². The first kappa shape index (κ1) is 16.3. The lowest BCUT2D eigenvalue weighted by Crippen LogP contribution is -2.53. The van der Waals surface area contributed by atoms with E-state index in [-0.39, 0.29) is 0 Å². The zero-order valence-corrected chi connectivity index (χ0v) is 15.9. The van der Waals surface area contributed by atoms with Gasteiger partial charge in [0, 0.05) is 37.2 Å². The minimum Gasteiger partial charge on any atom is -0.495 e. The van der Waals surface area contributed by atoms with Crippen molar-refractivity contribution in [2.45, 2.75) is 38.1 Å². The number of nitrogens with zero attached hydrogens (tertiary/aromatic N) is 2. The molecule has 136 valence electrons. The van der Waals surface area contributed by atoms with Crippen molar-refractivity contribution < 1.29 is 4.74 Å². The van der Waals surface area contributed by atoms with Crippen LogP contribution in [-0.4, -0.2) is 44.2 Å². The Kier molecular flexibility index (Phi) is 4.13. The third kappa shape index (κ3) is 2.75. The topological polar surface area (TPSA) is 15.7 Å². The number of ether oxygens (including phenoxy) is 1. The number of benzene rings is 1. The minimum atomic E-state index is 0.791. The highest BCUT2D eigenvalue weighted by molar-refractivity contribution is 6.30. The smallest absolute Gasteiger partial charge is 0.142 e. The molecule has 0 N–H and O–H groups in total. The number of hydrogen-bond donors (Lipinski definition) is 0. The second-order valence-corrected chi connectivity index (χ2v) is 9.10. The lowest BCUT2D eigenvalue weighted by Gasteiger charge is -2.43. The highest BCUT2D eigenvalue weighted by Gasteiger charge is 2.52. The maximum Gasteiger partial charge on any atom is 0.142 e. The zero-order valence-electron chi connectivity index (χ0n) is 15.2. The first-order chi connectivity index (χ1) is 12.2. The van der Waals surface area contributed by atoms with Gasteiger partial charge in [0.15, 0.2) is 0 Å². The summed E-state index contributed by atoms with van der Waals surface area (Å²) < 4.78 is 5.56. The molecule has 0 aromatic heterocycles. The molecular weight excluding hydrogens is 332 g/mol. The molecule has 3 aliphatic carbocycles. The second kappa shape index (κ2) is 6.35. The Hall–Kier alpha value is -0.930. The van der Waals surface area contributed by atoms with Gasteiger partial charge in [0.05, 0.1) is 12.8 Å². The molecule has 1 aliphatic heterocycles. The summed E-state index contributed by atoms with van der Waals surface area (Å²) in [5, 5.41) is 0.791. The molecule has 25 heavy (non-hydrogen) atoms. The zero-order chi connectivity index (χ0) is 17.0. The van der Waals surface area contributed by atoms with Gasteiger partial charge in [0.25, 0.3) is 0 Å². The molecule has 0 radical (unpaired) electrons. The average molecular weight is 361 g/mol. The number of fused-ring (bicyclic) bond motifs is 2. The molecule has 5 rings (SSSR count). The molecule has 1 aromatic rings. The van der Waals surface area contributed by atoms with Crippen molar-refractivity contribution in [2.24, 2.45) is 23.7 Å². The molecule has 5 atom stereocenters. The lowest BCUT2D eigenvalue weighted by molar-refractivity contribution is 0.113. The van der Waals surface area contributed by atoms with Crippen LogP contribution in [0.5, 0.6) is 5.75 Å². The van der Waals surface area contributed by atoms with Gasteiger partial charge in [-0.05, 0) is 67.6 Å². The Bertz CT molecular complexity index is 643. The Morgan fingerprint density at radius 3 is 2.60 bits per heavy atom. The summed E-state index contributed by atoms with van der Waals surface area (Å²) in [7, 11) is 1.75. The van der Waals surface area contributed by atoms with Gasteiger partial charge < -0.3 is 9.64 Å². The van der Waals surface area contributed by atoms with E-state index in [1.165, 1.54) is 45.2 Å². The van der Waals surface area contributed by atoms with Gasteiger partial charge in [-0.15, -0.1) is 0 Å². The van der Waals surface area contributed by atoms with E-state index in [0.29, 0.717) is 0 Å². The number of methoxy groups -OCH3 is 1. The van der Waals surface area contributed by atoms with Gasteiger partial charge in [-0.25, -0.2) is 0 Å². The monoisotopic (exact) mass is 360 g/mol. The summed E-state index contributed by atoms with van der Waals surface area (Å²) in [5.41, 5.74) is 1.15. The fraction of sp³-hybridized carbons (Fsp3) is 0.714. The van der Waals surface area contributed by atoms with Crippen molar-refractivity contribution in [3.63, 3.8) is 0 Å². The van der Waals surface area contributed by atoms with E-state index >= 15 is 0 Å². The number of halogens is 1. The summed E-state index contributed by atoms with van der Waals surface area (Å²) >= 11 is 6.24. The van der Waals surface area contributed by atoms with Crippen LogP contribution in [0.25, 0.3) is 0 Å². The van der Waals surface area contributed by atoms with E-state index in [2.05, 4.69) is 15.9 Å². The molecule has 4 unspecified atom stereocenters. The standard InChI is InChI=1S/C21H29ClN2O/c1-25-20-5-3-17(22)13-19(20)23-6-8-24(9-7-23)21-16-11-14-2-4-18(21)15(10-14)12-16/h3,5,13-16,18,21H,2,4,6-12H2,1H3/t14?,15?,16?,18?,21-/m1/s1. The maximum atomic E-state index is 6.24. The fourth-order valence-corrected chi connectivity index (χ4v) is 6.77. The van der Waals surface area contributed by atoms with Crippen molar-refractivity contribution in [3.8, 4) is 5.75 Å². The predicted octanol–water partition coefficient (Wildman–Crippen LogP) is 4.30. The van der Waals surface area contributed by atoms with E-state index in [9.17, 15) is 0 Å². The SMILES string of the molecule is COc1ccc(Cl)cc1N1CCN([C@@H]2C3CC4CCC2C(C4)C3)CC1. The van der Waals surface area contributed by atoms with E-state index in [1.807, 2.05) is 12.1 Å². The van der Waals surface area contributed by atoms with Crippen molar-refractivity contribution in [1.82, 2.24) is 4.90 Å². The maximum absolute atomic E-state index is 6.24. The molecule has 0 amide bonds. The van der Waals surface area contributed by atoms with E-state index in [4.69, 9.17) is 16.3 Å². The van der Waals surface area contributed by atoms with Crippen LogP contribution < -0.4 is 9.64 Å². The highest BCUT2D eigenvalue weighted by Crippen LogP contribution is 2.56. The largest absolute Gasteiger partial charge is 0.495 e. The van der Waals surface area contributed by atoms with Gasteiger partial charge in [-0.3, -0.25) is 4.90 Å². The minimum absolute atomic E-state index is 0.791. The van der Waals surface area contributed by atoms with Crippen LogP contribution in [0.4, 0.5) is 5.69 Å². The number of hydrogen-bond acceptors (Lipinski definition) is 3. The normalized spacial score (nSPS) is 37.5. The van der Waals surface area contributed by atoms with Crippen molar-refractivity contribution in [3.05, 3.63) is 23.2 Å². The molecule has 1 aromatic carbocycles. The average Bonchev–Trinajstić information content (AvgIpc) is 2.80.